The third kappa shape index (κ3) is 3.88. The normalized spacial score (nSPS) is 30.7. The standard InChI is InChI=1S/C26H33NO9/c1-13-5-6-18(29)21-20(13)25-9-10-27(4)15(3)26(25,34)8-7-16(22(25)36-21)11-17(28)12-19(30)24(33)35-14(2)23(31)32/h5-7,14-15,19,22,29-30,34H,8-12H2,1-4H3,(H,31,32)/t14-,15?,19-,22?,25?,26?/m0/s1. The van der Waals surface area contributed by atoms with Crippen molar-refractivity contribution < 1.29 is 44.3 Å². The number of carboxylic acid groups (broad SMARTS) is 1. The molecule has 2 heterocycles. The fraction of sp³-hybridized carbons (Fsp3) is 0.577. The number of carboxylic acids is 1. The number of aliphatic carboxylic acids is 1. The van der Waals surface area contributed by atoms with Gasteiger partial charge in [-0.3, -0.25) is 4.79 Å². The SMILES string of the molecule is Cc1ccc(O)c2c1C13CCN(C)C(C)C1(O)CC=C(CC(=O)C[C@H](O)C(=O)O[C@@H](C)C(=O)O)C3O2. The number of phenolic OH excluding ortho intramolecular Hbond substituents is 1. The molecule has 1 spiro atoms. The average molecular weight is 504 g/mol. The van der Waals surface area contributed by atoms with Crippen LogP contribution in [0, 0.1) is 6.92 Å². The zero-order valence-corrected chi connectivity index (χ0v) is 20.9. The van der Waals surface area contributed by atoms with Gasteiger partial charge in [0.1, 0.15) is 11.9 Å². The second-order valence-electron chi connectivity index (χ2n) is 10.2. The van der Waals surface area contributed by atoms with Crippen LogP contribution in [0.5, 0.6) is 11.5 Å². The fourth-order valence-electron chi connectivity index (χ4n) is 6.10. The van der Waals surface area contributed by atoms with E-state index in [1.165, 1.54) is 0 Å². The highest BCUT2D eigenvalue weighted by molar-refractivity contribution is 5.88. The van der Waals surface area contributed by atoms with Gasteiger partial charge in [0.05, 0.1) is 11.0 Å². The van der Waals surface area contributed by atoms with Crippen molar-refractivity contribution in [1.82, 2.24) is 4.90 Å². The number of piperidine rings is 1. The maximum atomic E-state index is 12.9. The molecule has 4 N–H and O–H groups in total. The summed E-state index contributed by atoms with van der Waals surface area (Å²) >= 11 is 0. The summed E-state index contributed by atoms with van der Waals surface area (Å²) in [6, 6.07) is 3.11. The summed E-state index contributed by atoms with van der Waals surface area (Å²) in [6.07, 6.45) is -2.07. The van der Waals surface area contributed by atoms with Crippen molar-refractivity contribution in [3.8, 4) is 11.5 Å². The minimum Gasteiger partial charge on any atom is -0.504 e. The number of likely N-dealkylation sites (N-methyl/N-ethyl adjacent to an activating group) is 1. The van der Waals surface area contributed by atoms with Crippen LogP contribution >= 0.6 is 0 Å². The van der Waals surface area contributed by atoms with Crippen molar-refractivity contribution in [1.29, 1.82) is 0 Å². The number of aromatic hydroxyl groups is 1. The first-order valence-corrected chi connectivity index (χ1v) is 12.1. The lowest BCUT2D eigenvalue weighted by atomic mass is 9.53. The molecule has 36 heavy (non-hydrogen) atoms. The summed E-state index contributed by atoms with van der Waals surface area (Å²) in [6.45, 7) is 5.69. The van der Waals surface area contributed by atoms with Crippen LogP contribution in [0.25, 0.3) is 0 Å². The number of fused-ring (bicyclic) bond motifs is 1. The van der Waals surface area contributed by atoms with Gasteiger partial charge >= 0.3 is 11.9 Å². The maximum Gasteiger partial charge on any atom is 0.344 e. The summed E-state index contributed by atoms with van der Waals surface area (Å²) in [4.78, 5) is 37.9. The quantitative estimate of drug-likeness (QED) is 0.315. The lowest BCUT2D eigenvalue weighted by Gasteiger charge is -2.59. The molecule has 0 bridgehead atoms. The molecule has 4 rings (SSSR count). The Morgan fingerprint density at radius 2 is 2.00 bits per heavy atom. The van der Waals surface area contributed by atoms with Crippen LogP contribution in [0.4, 0.5) is 0 Å². The Morgan fingerprint density at radius 1 is 1.31 bits per heavy atom. The molecule has 2 aliphatic heterocycles. The van der Waals surface area contributed by atoms with Crippen LogP contribution in [0.3, 0.4) is 0 Å². The van der Waals surface area contributed by atoms with Crippen LogP contribution in [0.2, 0.25) is 0 Å². The summed E-state index contributed by atoms with van der Waals surface area (Å²) in [7, 11) is 1.95. The molecule has 0 radical (unpaired) electrons. The second kappa shape index (κ2) is 9.17. The molecule has 4 unspecified atom stereocenters. The van der Waals surface area contributed by atoms with E-state index in [2.05, 4.69) is 9.64 Å². The Hall–Kier alpha value is -2.95. The minimum absolute atomic E-state index is 0.0373. The highest BCUT2D eigenvalue weighted by Crippen LogP contribution is 2.62. The van der Waals surface area contributed by atoms with Gasteiger partial charge in [0.25, 0.3) is 0 Å². The smallest absolute Gasteiger partial charge is 0.344 e. The predicted molar refractivity (Wildman–Crippen MR) is 127 cm³/mol. The number of aliphatic hydroxyl groups is 2. The molecule has 10 nitrogen and oxygen atoms in total. The van der Waals surface area contributed by atoms with E-state index in [1.54, 1.807) is 18.2 Å². The number of esters is 1. The van der Waals surface area contributed by atoms with E-state index in [-0.39, 0.29) is 24.6 Å². The number of phenols is 1. The number of ketones is 1. The first-order chi connectivity index (χ1) is 16.8. The molecule has 3 aliphatic rings. The lowest BCUT2D eigenvalue weighted by Crippen LogP contribution is -2.71. The summed E-state index contributed by atoms with van der Waals surface area (Å²) < 4.78 is 11.0. The van der Waals surface area contributed by atoms with Crippen molar-refractivity contribution in [3.05, 3.63) is 34.9 Å². The Kier molecular flexibility index (Phi) is 6.65. The van der Waals surface area contributed by atoms with Crippen molar-refractivity contribution in [3.63, 3.8) is 0 Å². The third-order valence-corrected chi connectivity index (χ3v) is 8.21. The van der Waals surface area contributed by atoms with Gasteiger partial charge in [-0.25, -0.2) is 9.59 Å². The number of hydrogen-bond acceptors (Lipinski definition) is 9. The number of carbonyl (C=O) groups excluding carboxylic acids is 2. The number of nitrogens with zero attached hydrogens (tertiary/aromatic N) is 1. The Labute approximate surface area is 209 Å². The van der Waals surface area contributed by atoms with Gasteiger partial charge in [-0.2, -0.15) is 0 Å². The Morgan fingerprint density at radius 3 is 2.67 bits per heavy atom. The molecule has 6 atom stereocenters. The summed E-state index contributed by atoms with van der Waals surface area (Å²) in [5.74, 6) is -2.74. The molecule has 196 valence electrons. The monoisotopic (exact) mass is 503 g/mol. The Balaban J connectivity index is 1.63. The van der Waals surface area contributed by atoms with Gasteiger partial charge in [-0.1, -0.05) is 12.1 Å². The van der Waals surface area contributed by atoms with Crippen LogP contribution < -0.4 is 4.74 Å². The van der Waals surface area contributed by atoms with Crippen LogP contribution in [-0.2, 0) is 24.5 Å². The lowest BCUT2D eigenvalue weighted by molar-refractivity contribution is -0.169. The van der Waals surface area contributed by atoms with E-state index in [1.807, 2.05) is 20.9 Å². The molecule has 0 aromatic heterocycles. The average Bonchev–Trinajstić information content (AvgIpc) is 3.18. The van der Waals surface area contributed by atoms with E-state index >= 15 is 0 Å². The van der Waals surface area contributed by atoms with Crippen LogP contribution in [-0.4, -0.2) is 86.6 Å². The molecular formula is C26H33NO9. The number of aliphatic hydroxyl groups excluding tert-OH is 1. The van der Waals surface area contributed by atoms with Crippen molar-refractivity contribution >= 4 is 17.7 Å². The Bertz CT molecular complexity index is 1130. The van der Waals surface area contributed by atoms with E-state index < -0.39 is 53.5 Å². The van der Waals surface area contributed by atoms with Crippen molar-refractivity contribution in [2.75, 3.05) is 13.6 Å². The topological polar surface area (TPSA) is 154 Å². The number of ether oxygens (including phenoxy) is 2. The van der Waals surface area contributed by atoms with Gasteiger partial charge in [0.15, 0.2) is 23.7 Å². The van der Waals surface area contributed by atoms with Crippen LogP contribution in [0.15, 0.2) is 23.8 Å². The van der Waals surface area contributed by atoms with Gasteiger partial charge in [0.2, 0.25) is 0 Å². The van der Waals surface area contributed by atoms with Crippen LogP contribution in [0.1, 0.15) is 50.7 Å². The van der Waals surface area contributed by atoms with Crippen molar-refractivity contribution in [2.45, 2.75) is 81.8 Å². The number of rotatable bonds is 7. The molecule has 0 amide bonds. The molecule has 1 saturated heterocycles. The number of likely N-dealkylation sites (tertiary alicyclic amines) is 1. The van der Waals surface area contributed by atoms with Gasteiger partial charge in [-0.15, -0.1) is 0 Å². The zero-order chi connectivity index (χ0) is 26.6. The van der Waals surface area contributed by atoms with E-state index in [0.717, 1.165) is 18.1 Å². The van der Waals surface area contributed by atoms with Crippen molar-refractivity contribution in [2.24, 2.45) is 0 Å². The fourth-order valence-corrected chi connectivity index (χ4v) is 6.10. The molecule has 1 fully saturated rings. The minimum atomic E-state index is -1.80. The first kappa shape index (κ1) is 26.1. The number of carbonyl (C=O) groups is 3. The highest BCUT2D eigenvalue weighted by Gasteiger charge is 2.68. The molecule has 1 aliphatic carbocycles. The molecular weight excluding hydrogens is 470 g/mol. The molecule has 1 aromatic rings. The summed E-state index contributed by atoms with van der Waals surface area (Å²) in [5, 5.41) is 41.8. The zero-order valence-electron chi connectivity index (χ0n) is 20.9. The van der Waals surface area contributed by atoms with Gasteiger partial charge in [-0.05, 0) is 64.4 Å². The largest absolute Gasteiger partial charge is 0.504 e. The van der Waals surface area contributed by atoms with E-state index in [4.69, 9.17) is 9.84 Å². The second-order valence-corrected chi connectivity index (χ2v) is 10.2. The molecule has 1 aromatic carbocycles. The first-order valence-electron chi connectivity index (χ1n) is 12.1. The molecule has 10 heteroatoms. The summed E-state index contributed by atoms with van der Waals surface area (Å²) in [5.41, 5.74) is 0.113. The van der Waals surface area contributed by atoms with Gasteiger partial charge in [0, 0.05) is 24.4 Å². The van der Waals surface area contributed by atoms with Gasteiger partial charge < -0.3 is 34.8 Å². The number of hydrogen-bond donors (Lipinski definition) is 4. The third-order valence-electron chi connectivity index (χ3n) is 8.21. The predicted octanol–water partition coefficient (Wildman–Crippen LogP) is 1.21. The maximum absolute atomic E-state index is 12.9. The number of benzene rings is 1. The van der Waals surface area contributed by atoms with E-state index in [0.29, 0.717) is 24.3 Å². The highest BCUT2D eigenvalue weighted by atomic mass is 16.6. The molecule has 0 saturated carbocycles. The number of Topliss-reactive ketones (excluding diaryl/α,β-unsaturated/α-hetero) is 1. The number of aryl methyl sites for hydroxylation is 1. The van der Waals surface area contributed by atoms with E-state index in [9.17, 15) is 29.7 Å².